The Kier molecular flexibility index (Phi) is 3.58. The number of thioether (sulfide) groups is 1. The molecule has 0 aliphatic carbocycles. The monoisotopic (exact) mass is 254 g/mol. The quantitative estimate of drug-likeness (QED) is 0.617. The molecular formula is C12H8F2O2S. The molecule has 0 spiro atoms. The van der Waals surface area contributed by atoms with Crippen LogP contribution in [0.3, 0.4) is 0 Å². The molecule has 17 heavy (non-hydrogen) atoms. The van der Waals surface area contributed by atoms with Gasteiger partial charge in [0.05, 0.1) is 12.0 Å². The van der Waals surface area contributed by atoms with Crippen LogP contribution in [0, 0.1) is 11.6 Å². The summed E-state index contributed by atoms with van der Waals surface area (Å²) in [6.07, 6.45) is 1.40. The molecule has 0 unspecified atom stereocenters. The number of hydrogen-bond donors (Lipinski definition) is 0. The molecule has 1 aromatic carbocycles. The van der Waals surface area contributed by atoms with Gasteiger partial charge in [0.2, 0.25) is 5.78 Å². The van der Waals surface area contributed by atoms with Crippen molar-refractivity contribution >= 4 is 17.5 Å². The lowest BCUT2D eigenvalue weighted by Gasteiger charge is -2.01. The zero-order valence-corrected chi connectivity index (χ0v) is 9.47. The fourth-order valence-corrected chi connectivity index (χ4v) is 2.03. The SMILES string of the molecule is O=C(CSc1ccc(F)cc1F)c1ccco1. The Morgan fingerprint density at radius 2 is 2.12 bits per heavy atom. The first-order valence-electron chi connectivity index (χ1n) is 4.81. The van der Waals surface area contributed by atoms with E-state index in [1.165, 1.54) is 12.3 Å². The minimum atomic E-state index is -0.665. The minimum absolute atomic E-state index is 0.0517. The van der Waals surface area contributed by atoms with E-state index >= 15 is 0 Å². The van der Waals surface area contributed by atoms with E-state index in [1.807, 2.05) is 0 Å². The summed E-state index contributed by atoms with van der Waals surface area (Å²) in [5.41, 5.74) is 0. The number of carbonyl (C=O) groups excluding carboxylic acids is 1. The summed E-state index contributed by atoms with van der Waals surface area (Å²) in [6, 6.07) is 6.41. The van der Waals surface area contributed by atoms with Gasteiger partial charge in [0, 0.05) is 11.0 Å². The number of hydrogen-bond acceptors (Lipinski definition) is 3. The normalized spacial score (nSPS) is 10.5. The topological polar surface area (TPSA) is 30.2 Å². The van der Waals surface area contributed by atoms with Crippen molar-refractivity contribution in [3.8, 4) is 0 Å². The molecule has 5 heteroatoms. The highest BCUT2D eigenvalue weighted by molar-refractivity contribution is 8.00. The molecule has 2 rings (SSSR count). The van der Waals surface area contributed by atoms with Gasteiger partial charge < -0.3 is 4.42 Å². The van der Waals surface area contributed by atoms with Gasteiger partial charge in [-0.25, -0.2) is 8.78 Å². The first-order chi connectivity index (χ1) is 8.16. The van der Waals surface area contributed by atoms with Crippen molar-refractivity contribution in [3.63, 3.8) is 0 Å². The summed E-state index contributed by atoms with van der Waals surface area (Å²) in [5.74, 6) is -1.24. The van der Waals surface area contributed by atoms with Crippen molar-refractivity contribution in [2.45, 2.75) is 4.90 Å². The molecule has 0 aliphatic rings. The molecule has 0 saturated carbocycles. The second-order valence-electron chi connectivity index (χ2n) is 3.26. The fourth-order valence-electron chi connectivity index (χ4n) is 1.24. The molecule has 0 atom stereocenters. The second kappa shape index (κ2) is 5.14. The Morgan fingerprint density at radius 3 is 2.76 bits per heavy atom. The van der Waals surface area contributed by atoms with Crippen LogP contribution < -0.4 is 0 Å². The van der Waals surface area contributed by atoms with Crippen molar-refractivity contribution in [1.82, 2.24) is 0 Å². The first kappa shape index (κ1) is 11.9. The third-order valence-corrected chi connectivity index (χ3v) is 3.10. The van der Waals surface area contributed by atoms with Crippen molar-refractivity contribution in [3.05, 3.63) is 54.0 Å². The number of carbonyl (C=O) groups is 1. The summed E-state index contributed by atoms with van der Waals surface area (Å²) >= 11 is 1.01. The molecule has 1 heterocycles. The molecule has 0 aliphatic heterocycles. The van der Waals surface area contributed by atoms with Crippen LogP contribution in [-0.2, 0) is 0 Å². The van der Waals surface area contributed by atoms with Crippen molar-refractivity contribution in [2.24, 2.45) is 0 Å². The molecule has 0 radical (unpaired) electrons. The van der Waals surface area contributed by atoms with Gasteiger partial charge in [-0.15, -0.1) is 11.8 Å². The van der Waals surface area contributed by atoms with E-state index in [-0.39, 0.29) is 22.2 Å². The van der Waals surface area contributed by atoms with Crippen LogP contribution in [-0.4, -0.2) is 11.5 Å². The molecule has 2 aromatic rings. The summed E-state index contributed by atoms with van der Waals surface area (Å²) in [7, 11) is 0. The third kappa shape index (κ3) is 2.94. The van der Waals surface area contributed by atoms with Crippen LogP contribution in [0.5, 0.6) is 0 Å². The van der Waals surface area contributed by atoms with Gasteiger partial charge in [0.15, 0.2) is 5.76 Å². The van der Waals surface area contributed by atoms with Crippen LogP contribution >= 0.6 is 11.8 Å². The van der Waals surface area contributed by atoms with Crippen molar-refractivity contribution in [1.29, 1.82) is 0 Å². The van der Waals surface area contributed by atoms with Gasteiger partial charge in [-0.2, -0.15) is 0 Å². The highest BCUT2D eigenvalue weighted by Gasteiger charge is 2.11. The average Bonchev–Trinajstić information content (AvgIpc) is 2.81. The van der Waals surface area contributed by atoms with Crippen molar-refractivity contribution in [2.75, 3.05) is 5.75 Å². The maximum Gasteiger partial charge on any atom is 0.208 e. The average molecular weight is 254 g/mol. The van der Waals surface area contributed by atoms with Crippen molar-refractivity contribution < 1.29 is 18.0 Å². The highest BCUT2D eigenvalue weighted by atomic mass is 32.2. The largest absolute Gasteiger partial charge is 0.461 e. The molecule has 0 bridgehead atoms. The van der Waals surface area contributed by atoms with Crippen LogP contribution in [0.15, 0.2) is 45.9 Å². The summed E-state index contributed by atoms with van der Waals surface area (Å²) in [6.45, 7) is 0. The fraction of sp³-hybridized carbons (Fsp3) is 0.0833. The van der Waals surface area contributed by atoms with E-state index in [0.29, 0.717) is 0 Å². The molecule has 2 nitrogen and oxygen atoms in total. The van der Waals surface area contributed by atoms with Gasteiger partial charge in [-0.1, -0.05) is 0 Å². The molecular weight excluding hydrogens is 246 g/mol. The van der Waals surface area contributed by atoms with Crippen LogP contribution in [0.4, 0.5) is 8.78 Å². The Hall–Kier alpha value is -1.62. The van der Waals surface area contributed by atoms with Gasteiger partial charge in [-0.3, -0.25) is 4.79 Å². The standard InChI is InChI=1S/C12H8F2O2S/c13-8-3-4-12(9(14)6-8)17-7-10(15)11-2-1-5-16-11/h1-6H,7H2. The first-order valence-corrected chi connectivity index (χ1v) is 5.80. The Bertz CT molecular complexity index is 523. The molecule has 88 valence electrons. The Balaban J connectivity index is 2.01. The molecule has 1 aromatic heterocycles. The number of halogens is 2. The maximum atomic E-state index is 13.2. The van der Waals surface area contributed by atoms with E-state index in [2.05, 4.69) is 0 Å². The van der Waals surface area contributed by atoms with E-state index < -0.39 is 11.6 Å². The number of furan rings is 1. The van der Waals surface area contributed by atoms with Gasteiger partial charge in [-0.05, 0) is 24.3 Å². The Labute approximate surface area is 101 Å². The number of rotatable bonds is 4. The zero-order valence-electron chi connectivity index (χ0n) is 8.65. The van der Waals surface area contributed by atoms with Crippen LogP contribution in [0.2, 0.25) is 0 Å². The van der Waals surface area contributed by atoms with Crippen LogP contribution in [0.25, 0.3) is 0 Å². The molecule has 0 fully saturated rings. The predicted octanol–water partition coefficient (Wildman–Crippen LogP) is 3.53. The minimum Gasteiger partial charge on any atom is -0.461 e. The summed E-state index contributed by atoms with van der Waals surface area (Å²) in [4.78, 5) is 11.8. The van der Waals surface area contributed by atoms with E-state index in [9.17, 15) is 13.6 Å². The molecule has 0 N–H and O–H groups in total. The molecule has 0 amide bonds. The second-order valence-corrected chi connectivity index (χ2v) is 4.28. The number of Topliss-reactive ketones (excluding diaryl/α,β-unsaturated/α-hetero) is 1. The summed E-state index contributed by atoms with van der Waals surface area (Å²) in [5, 5.41) is 0. The van der Waals surface area contributed by atoms with Gasteiger partial charge >= 0.3 is 0 Å². The van der Waals surface area contributed by atoms with E-state index in [0.717, 1.165) is 23.9 Å². The number of ketones is 1. The Morgan fingerprint density at radius 1 is 1.29 bits per heavy atom. The lowest BCUT2D eigenvalue weighted by Crippen LogP contribution is -2.00. The lowest BCUT2D eigenvalue weighted by atomic mass is 10.3. The van der Waals surface area contributed by atoms with Gasteiger partial charge in [0.1, 0.15) is 11.6 Å². The number of benzene rings is 1. The lowest BCUT2D eigenvalue weighted by molar-refractivity contribution is 0.0992. The maximum absolute atomic E-state index is 13.2. The van der Waals surface area contributed by atoms with Crippen LogP contribution in [0.1, 0.15) is 10.6 Å². The van der Waals surface area contributed by atoms with Gasteiger partial charge in [0.25, 0.3) is 0 Å². The predicted molar refractivity (Wildman–Crippen MR) is 60.1 cm³/mol. The summed E-state index contributed by atoms with van der Waals surface area (Å²) < 4.78 is 30.8. The smallest absolute Gasteiger partial charge is 0.208 e. The van der Waals surface area contributed by atoms with E-state index in [4.69, 9.17) is 4.42 Å². The highest BCUT2D eigenvalue weighted by Crippen LogP contribution is 2.23. The van der Waals surface area contributed by atoms with E-state index in [1.54, 1.807) is 12.1 Å². The third-order valence-electron chi connectivity index (χ3n) is 2.05. The zero-order chi connectivity index (χ0) is 12.3. The molecule has 0 saturated heterocycles.